The standard InChI is InChI=1S/C25H40F2Si/c1-3-15-25(17-13-23(28-2)14-18-25)16-12-19-4-6-20(7-5-19)21-8-10-22(11-9-21)24(26)27/h8-11,19-20,23-24H,3-7,12-18,28H2,1-2H3/t19?,20?,23-,25-. The lowest BCUT2D eigenvalue weighted by molar-refractivity contribution is 0.135. The van der Waals surface area contributed by atoms with Crippen LogP contribution in [0.2, 0.25) is 12.1 Å². The van der Waals surface area contributed by atoms with Gasteiger partial charge < -0.3 is 0 Å². The van der Waals surface area contributed by atoms with Gasteiger partial charge in [0.15, 0.2) is 0 Å². The van der Waals surface area contributed by atoms with Gasteiger partial charge in [-0.15, -0.1) is 0 Å². The maximum Gasteiger partial charge on any atom is 0.263 e. The second-order valence-electron chi connectivity index (χ2n) is 9.83. The van der Waals surface area contributed by atoms with Crippen molar-refractivity contribution in [3.8, 4) is 0 Å². The number of rotatable bonds is 8. The van der Waals surface area contributed by atoms with Gasteiger partial charge in [0.05, 0.1) is 0 Å². The molecule has 2 fully saturated rings. The van der Waals surface area contributed by atoms with Gasteiger partial charge in [-0.1, -0.05) is 62.5 Å². The predicted molar refractivity (Wildman–Crippen MR) is 119 cm³/mol. The summed E-state index contributed by atoms with van der Waals surface area (Å²) in [6.07, 6.45) is 14.5. The van der Waals surface area contributed by atoms with Crippen molar-refractivity contribution in [2.24, 2.45) is 11.3 Å². The van der Waals surface area contributed by atoms with Crippen LogP contribution in [0.5, 0.6) is 0 Å². The summed E-state index contributed by atoms with van der Waals surface area (Å²) in [5.74, 6) is 1.47. The van der Waals surface area contributed by atoms with E-state index in [1.165, 1.54) is 82.6 Å². The Kier molecular flexibility index (Phi) is 8.14. The normalized spacial score (nSPS) is 31.7. The van der Waals surface area contributed by atoms with Crippen LogP contribution in [0.3, 0.4) is 0 Å². The molecule has 28 heavy (non-hydrogen) atoms. The molecule has 0 spiro atoms. The van der Waals surface area contributed by atoms with Crippen LogP contribution < -0.4 is 0 Å². The summed E-state index contributed by atoms with van der Waals surface area (Å²) < 4.78 is 25.5. The van der Waals surface area contributed by atoms with Crippen LogP contribution in [-0.2, 0) is 0 Å². The Morgan fingerprint density at radius 1 is 0.964 bits per heavy atom. The van der Waals surface area contributed by atoms with Crippen LogP contribution in [0.4, 0.5) is 8.78 Å². The number of hydrogen-bond donors (Lipinski definition) is 0. The minimum atomic E-state index is -2.35. The molecule has 0 amide bonds. The van der Waals surface area contributed by atoms with Gasteiger partial charge in [0.2, 0.25) is 0 Å². The molecule has 0 radical (unpaired) electrons. The third kappa shape index (κ3) is 5.68. The summed E-state index contributed by atoms with van der Waals surface area (Å²) in [6.45, 7) is 4.86. The van der Waals surface area contributed by atoms with E-state index in [9.17, 15) is 8.78 Å². The van der Waals surface area contributed by atoms with Crippen LogP contribution in [0.25, 0.3) is 0 Å². The fraction of sp³-hybridized carbons (Fsp3) is 0.760. The molecule has 2 aliphatic rings. The zero-order chi connectivity index (χ0) is 20.0. The van der Waals surface area contributed by atoms with Crippen molar-refractivity contribution >= 4 is 9.52 Å². The third-order valence-electron chi connectivity index (χ3n) is 8.11. The first-order valence-corrected chi connectivity index (χ1v) is 14.2. The molecule has 0 heterocycles. The summed E-state index contributed by atoms with van der Waals surface area (Å²) in [5.41, 5.74) is 3.21. The number of halogens is 2. The van der Waals surface area contributed by atoms with Gasteiger partial charge in [0.25, 0.3) is 6.43 Å². The van der Waals surface area contributed by atoms with Crippen LogP contribution in [0.15, 0.2) is 24.3 Å². The number of alkyl halides is 2. The van der Waals surface area contributed by atoms with E-state index in [2.05, 4.69) is 13.5 Å². The first-order valence-electron chi connectivity index (χ1n) is 11.9. The van der Waals surface area contributed by atoms with Crippen molar-refractivity contribution in [2.75, 3.05) is 0 Å². The molecule has 0 nitrogen and oxygen atoms in total. The van der Waals surface area contributed by atoms with Crippen LogP contribution in [0, 0.1) is 11.3 Å². The van der Waals surface area contributed by atoms with E-state index in [-0.39, 0.29) is 15.1 Å². The molecule has 0 aliphatic heterocycles. The Morgan fingerprint density at radius 2 is 1.61 bits per heavy atom. The van der Waals surface area contributed by atoms with Gasteiger partial charge in [0.1, 0.15) is 0 Å². The van der Waals surface area contributed by atoms with Gasteiger partial charge >= 0.3 is 0 Å². The highest BCUT2D eigenvalue weighted by Gasteiger charge is 2.34. The van der Waals surface area contributed by atoms with Gasteiger partial charge in [-0.25, -0.2) is 8.78 Å². The molecule has 3 heteroatoms. The van der Waals surface area contributed by atoms with Crippen molar-refractivity contribution in [1.82, 2.24) is 0 Å². The van der Waals surface area contributed by atoms with Crippen molar-refractivity contribution in [3.05, 3.63) is 35.4 Å². The highest BCUT2D eigenvalue weighted by atomic mass is 28.2. The Balaban J connectivity index is 1.47. The average Bonchev–Trinajstić information content (AvgIpc) is 2.74. The second kappa shape index (κ2) is 10.4. The Labute approximate surface area is 173 Å². The average molecular weight is 407 g/mol. The second-order valence-corrected chi connectivity index (χ2v) is 11.8. The van der Waals surface area contributed by atoms with Gasteiger partial charge in [-0.3, -0.25) is 0 Å². The summed E-state index contributed by atoms with van der Waals surface area (Å²) in [4.78, 5) is 0. The van der Waals surface area contributed by atoms with E-state index in [0.29, 0.717) is 11.3 Å². The van der Waals surface area contributed by atoms with E-state index in [4.69, 9.17) is 0 Å². The monoisotopic (exact) mass is 406 g/mol. The zero-order valence-corrected chi connectivity index (χ0v) is 19.5. The first-order chi connectivity index (χ1) is 13.5. The SMILES string of the molecule is CCC[C@]1(CCC2CCC(c3ccc(C(F)F)cc3)CC2)CC[C@H]([SiH2]C)CC1. The molecule has 3 rings (SSSR count). The highest BCUT2D eigenvalue weighted by molar-refractivity contribution is 6.35. The molecule has 0 aromatic heterocycles. The first kappa shape index (κ1) is 22.0. The van der Waals surface area contributed by atoms with E-state index >= 15 is 0 Å². The Morgan fingerprint density at radius 3 is 2.14 bits per heavy atom. The zero-order valence-electron chi connectivity index (χ0n) is 18.1. The molecule has 158 valence electrons. The molecule has 0 bridgehead atoms. The minimum Gasteiger partial charge on any atom is -0.205 e. The van der Waals surface area contributed by atoms with E-state index < -0.39 is 6.43 Å². The van der Waals surface area contributed by atoms with E-state index in [1.54, 1.807) is 12.1 Å². The summed E-state index contributed by atoms with van der Waals surface area (Å²) >= 11 is 0. The maximum absolute atomic E-state index is 12.8. The molecule has 0 N–H and O–H groups in total. The van der Waals surface area contributed by atoms with Gasteiger partial charge in [0, 0.05) is 15.1 Å². The number of hydrogen-bond acceptors (Lipinski definition) is 0. The van der Waals surface area contributed by atoms with E-state index in [0.717, 1.165) is 11.5 Å². The molecule has 1 aromatic rings. The Hall–Kier alpha value is -0.703. The summed E-state index contributed by atoms with van der Waals surface area (Å²) in [7, 11) is 0.192. The van der Waals surface area contributed by atoms with Crippen LogP contribution in [0.1, 0.15) is 107 Å². The predicted octanol–water partition coefficient (Wildman–Crippen LogP) is 8.04. The molecule has 2 aliphatic carbocycles. The van der Waals surface area contributed by atoms with Gasteiger partial charge in [-0.2, -0.15) is 0 Å². The molecule has 0 atom stereocenters. The largest absolute Gasteiger partial charge is 0.263 e. The molecule has 0 saturated heterocycles. The Bertz CT molecular complexity index is 567. The minimum absolute atomic E-state index is 0.152. The molecule has 1 aromatic carbocycles. The van der Waals surface area contributed by atoms with Crippen LogP contribution in [-0.4, -0.2) is 9.52 Å². The molecular weight excluding hydrogens is 366 g/mol. The van der Waals surface area contributed by atoms with Gasteiger partial charge in [-0.05, 0) is 80.6 Å². The topological polar surface area (TPSA) is 0 Å². The molecular formula is C25H40F2Si. The summed E-state index contributed by atoms with van der Waals surface area (Å²) in [5, 5.41) is 0. The third-order valence-corrected chi connectivity index (χ3v) is 10.1. The lowest BCUT2D eigenvalue weighted by Crippen LogP contribution is -2.28. The number of benzene rings is 1. The quantitative estimate of drug-likeness (QED) is 0.383. The van der Waals surface area contributed by atoms with Crippen molar-refractivity contribution < 1.29 is 8.78 Å². The lowest BCUT2D eigenvalue weighted by Gasteiger charge is -2.42. The molecule has 0 unspecified atom stereocenters. The lowest BCUT2D eigenvalue weighted by atomic mass is 9.66. The fourth-order valence-corrected chi connectivity index (χ4v) is 7.29. The fourth-order valence-electron chi connectivity index (χ4n) is 6.06. The maximum atomic E-state index is 12.8. The smallest absolute Gasteiger partial charge is 0.205 e. The highest BCUT2D eigenvalue weighted by Crippen LogP contribution is 2.49. The van der Waals surface area contributed by atoms with E-state index in [1.807, 2.05) is 12.1 Å². The van der Waals surface area contributed by atoms with Crippen molar-refractivity contribution in [3.63, 3.8) is 0 Å². The summed E-state index contributed by atoms with van der Waals surface area (Å²) in [6, 6.07) is 7.13. The van der Waals surface area contributed by atoms with Crippen molar-refractivity contribution in [1.29, 1.82) is 0 Å². The van der Waals surface area contributed by atoms with Crippen LogP contribution >= 0.6 is 0 Å². The molecule has 2 saturated carbocycles. The van der Waals surface area contributed by atoms with Crippen molar-refractivity contribution in [2.45, 2.75) is 108 Å².